The number of anilines is 1. The summed E-state index contributed by atoms with van der Waals surface area (Å²) in [6, 6.07) is 18.8. The molecule has 1 N–H and O–H groups in total. The minimum atomic E-state index is -4.20. The number of ether oxygens (including phenoxy) is 3. The summed E-state index contributed by atoms with van der Waals surface area (Å²) in [6.07, 6.45) is 0.323. The average Bonchev–Trinajstić information content (AvgIpc) is 2.99. The van der Waals surface area contributed by atoms with Crippen LogP contribution in [0.4, 0.5) is 5.69 Å². The first-order valence-electron chi connectivity index (χ1n) is 13.2. The molecule has 11 heteroatoms. The molecule has 0 aliphatic carbocycles. The first-order valence-corrected chi connectivity index (χ1v) is 14.6. The van der Waals surface area contributed by atoms with E-state index in [0.29, 0.717) is 30.2 Å². The number of carbonyl (C=O) groups is 2. The van der Waals surface area contributed by atoms with Gasteiger partial charge in [0.2, 0.25) is 11.8 Å². The van der Waals surface area contributed by atoms with Crippen molar-refractivity contribution >= 4 is 27.5 Å². The molecule has 3 aromatic carbocycles. The SMILES string of the molecule is CCNC(=O)[C@H](CC)N(Cc1cccc(OC)c1)C(=O)CN(c1ccc(OC)c(OC)c1)S(=O)(=O)c1ccccc1. The van der Waals surface area contributed by atoms with Crippen LogP contribution >= 0.6 is 0 Å². The zero-order valence-corrected chi connectivity index (χ0v) is 24.8. The Hall–Kier alpha value is -4.25. The highest BCUT2D eigenvalue weighted by molar-refractivity contribution is 7.92. The maximum Gasteiger partial charge on any atom is 0.264 e. The van der Waals surface area contributed by atoms with Gasteiger partial charge < -0.3 is 24.4 Å². The van der Waals surface area contributed by atoms with E-state index >= 15 is 0 Å². The maximum atomic E-state index is 14.1. The van der Waals surface area contributed by atoms with Crippen molar-refractivity contribution in [1.82, 2.24) is 10.2 Å². The lowest BCUT2D eigenvalue weighted by Gasteiger charge is -2.33. The zero-order valence-electron chi connectivity index (χ0n) is 24.0. The fraction of sp³-hybridized carbons (Fsp3) is 0.333. The Morgan fingerprint density at radius 1 is 0.854 bits per heavy atom. The molecule has 0 spiro atoms. The number of amides is 2. The fourth-order valence-electron chi connectivity index (χ4n) is 4.41. The normalized spacial score (nSPS) is 11.7. The summed E-state index contributed by atoms with van der Waals surface area (Å²) in [5.41, 5.74) is 0.927. The summed E-state index contributed by atoms with van der Waals surface area (Å²) in [5.74, 6) is 0.420. The number of benzene rings is 3. The number of sulfonamides is 1. The Bertz CT molecular complexity index is 1430. The molecule has 0 saturated carbocycles. The van der Waals surface area contributed by atoms with Crippen LogP contribution in [0.1, 0.15) is 25.8 Å². The maximum absolute atomic E-state index is 14.1. The van der Waals surface area contributed by atoms with Gasteiger partial charge in [0.1, 0.15) is 18.3 Å². The van der Waals surface area contributed by atoms with E-state index in [1.165, 1.54) is 37.3 Å². The van der Waals surface area contributed by atoms with Crippen molar-refractivity contribution in [2.45, 2.75) is 37.8 Å². The summed E-state index contributed by atoms with van der Waals surface area (Å²) in [7, 11) is 0.254. The van der Waals surface area contributed by atoms with Crippen molar-refractivity contribution in [3.8, 4) is 17.2 Å². The zero-order chi connectivity index (χ0) is 30.0. The summed E-state index contributed by atoms with van der Waals surface area (Å²) in [6.45, 7) is 3.49. The van der Waals surface area contributed by atoms with E-state index in [1.54, 1.807) is 69.5 Å². The third-order valence-corrected chi connectivity index (χ3v) is 8.28. The molecule has 0 saturated heterocycles. The Balaban J connectivity index is 2.11. The van der Waals surface area contributed by atoms with Gasteiger partial charge in [-0.05, 0) is 55.3 Å². The van der Waals surface area contributed by atoms with Crippen molar-refractivity contribution in [1.29, 1.82) is 0 Å². The predicted octanol–water partition coefficient (Wildman–Crippen LogP) is 3.85. The largest absolute Gasteiger partial charge is 0.497 e. The number of hydrogen-bond donors (Lipinski definition) is 1. The van der Waals surface area contributed by atoms with Gasteiger partial charge in [-0.25, -0.2) is 8.42 Å². The van der Waals surface area contributed by atoms with Crippen molar-refractivity contribution < 1.29 is 32.2 Å². The minimum absolute atomic E-state index is 0.0118. The number of carbonyl (C=O) groups excluding carboxylic acids is 2. The highest BCUT2D eigenvalue weighted by atomic mass is 32.2. The molecular weight excluding hydrogens is 546 g/mol. The topological polar surface area (TPSA) is 114 Å². The number of rotatable bonds is 14. The standard InChI is InChI=1S/C30H37N3O7S/c1-6-26(30(35)31-7-2)32(20-22-12-11-13-24(18-22)38-3)29(34)21-33(41(36,37)25-14-9-8-10-15-25)23-16-17-27(39-4)28(19-23)40-5/h8-19,26H,6-7,20-21H2,1-5H3,(H,31,35)/t26-/m0/s1. The molecule has 220 valence electrons. The van der Waals surface area contributed by atoms with E-state index in [9.17, 15) is 18.0 Å². The van der Waals surface area contributed by atoms with Gasteiger partial charge in [0.05, 0.1) is 31.9 Å². The van der Waals surface area contributed by atoms with Crippen molar-refractivity contribution in [2.75, 3.05) is 38.7 Å². The summed E-state index contributed by atoms with van der Waals surface area (Å²) >= 11 is 0. The van der Waals surface area contributed by atoms with Crippen LogP contribution in [0.3, 0.4) is 0 Å². The Labute approximate surface area is 241 Å². The van der Waals surface area contributed by atoms with Crippen LogP contribution in [0, 0.1) is 0 Å². The second-order valence-electron chi connectivity index (χ2n) is 9.06. The lowest BCUT2D eigenvalue weighted by Crippen LogP contribution is -2.52. The van der Waals surface area contributed by atoms with Crippen LogP contribution in [0.2, 0.25) is 0 Å². The lowest BCUT2D eigenvalue weighted by molar-refractivity contribution is -0.140. The molecule has 0 fully saturated rings. The molecule has 0 heterocycles. The van der Waals surface area contributed by atoms with E-state index in [0.717, 1.165) is 9.87 Å². The van der Waals surface area contributed by atoms with Crippen molar-refractivity contribution in [3.05, 3.63) is 78.4 Å². The first-order chi connectivity index (χ1) is 19.7. The second-order valence-corrected chi connectivity index (χ2v) is 10.9. The lowest BCUT2D eigenvalue weighted by atomic mass is 10.1. The predicted molar refractivity (Wildman–Crippen MR) is 157 cm³/mol. The van der Waals surface area contributed by atoms with Gasteiger partial charge in [-0.3, -0.25) is 13.9 Å². The summed E-state index contributed by atoms with van der Waals surface area (Å²) < 4.78 is 45.0. The van der Waals surface area contributed by atoms with Crippen LogP contribution < -0.4 is 23.8 Å². The molecule has 0 aromatic heterocycles. The summed E-state index contributed by atoms with van der Waals surface area (Å²) in [5, 5.41) is 2.79. The fourth-order valence-corrected chi connectivity index (χ4v) is 5.83. The van der Waals surface area contributed by atoms with Gasteiger partial charge in [-0.2, -0.15) is 0 Å². The highest BCUT2D eigenvalue weighted by Crippen LogP contribution is 2.34. The smallest absolute Gasteiger partial charge is 0.264 e. The molecule has 0 aliphatic rings. The van der Waals surface area contributed by atoms with E-state index < -0.39 is 28.5 Å². The summed E-state index contributed by atoms with van der Waals surface area (Å²) in [4.78, 5) is 28.6. The molecule has 0 unspecified atom stereocenters. The molecule has 0 radical (unpaired) electrons. The van der Waals surface area contributed by atoms with Crippen molar-refractivity contribution in [2.24, 2.45) is 0 Å². The Morgan fingerprint density at radius 2 is 1.56 bits per heavy atom. The third kappa shape index (κ3) is 7.49. The molecule has 1 atom stereocenters. The van der Waals surface area contributed by atoms with Gasteiger partial charge >= 0.3 is 0 Å². The van der Waals surface area contributed by atoms with Crippen LogP contribution in [0.25, 0.3) is 0 Å². The Morgan fingerprint density at radius 3 is 2.17 bits per heavy atom. The first kappa shape index (κ1) is 31.3. The number of methoxy groups -OCH3 is 3. The minimum Gasteiger partial charge on any atom is -0.497 e. The molecular formula is C30H37N3O7S. The third-order valence-electron chi connectivity index (χ3n) is 6.49. The van der Waals surface area contributed by atoms with E-state index in [4.69, 9.17) is 14.2 Å². The van der Waals surface area contributed by atoms with Gasteiger partial charge in [-0.1, -0.05) is 37.3 Å². The number of nitrogens with one attached hydrogen (secondary N) is 1. The van der Waals surface area contributed by atoms with Gasteiger partial charge in [0.25, 0.3) is 10.0 Å². The van der Waals surface area contributed by atoms with Crippen LogP contribution in [0.5, 0.6) is 17.2 Å². The highest BCUT2D eigenvalue weighted by Gasteiger charge is 2.34. The molecule has 3 aromatic rings. The molecule has 41 heavy (non-hydrogen) atoms. The average molecular weight is 584 g/mol. The second kappa shape index (κ2) is 14.4. The molecule has 0 bridgehead atoms. The molecule has 3 rings (SSSR count). The van der Waals surface area contributed by atoms with E-state index in [1.807, 2.05) is 6.07 Å². The molecule has 2 amide bonds. The van der Waals surface area contributed by atoms with E-state index in [2.05, 4.69) is 5.32 Å². The van der Waals surface area contributed by atoms with Crippen molar-refractivity contribution in [3.63, 3.8) is 0 Å². The number of nitrogens with zero attached hydrogens (tertiary/aromatic N) is 2. The Kier molecular flexibility index (Phi) is 11.0. The van der Waals surface area contributed by atoms with Gasteiger partial charge in [0, 0.05) is 19.2 Å². The molecule has 0 aliphatic heterocycles. The van der Waals surface area contributed by atoms with Crippen LogP contribution in [-0.2, 0) is 26.2 Å². The van der Waals surface area contributed by atoms with Gasteiger partial charge in [-0.15, -0.1) is 0 Å². The van der Waals surface area contributed by atoms with Crippen LogP contribution in [-0.4, -0.2) is 65.6 Å². The van der Waals surface area contributed by atoms with Gasteiger partial charge in [0.15, 0.2) is 11.5 Å². The quantitative estimate of drug-likeness (QED) is 0.307. The van der Waals surface area contributed by atoms with E-state index in [-0.39, 0.29) is 23.0 Å². The monoisotopic (exact) mass is 583 g/mol. The number of likely N-dealkylation sites (N-methyl/N-ethyl adjacent to an activating group) is 1. The van der Waals surface area contributed by atoms with Crippen LogP contribution in [0.15, 0.2) is 77.7 Å². The molecule has 10 nitrogen and oxygen atoms in total. The number of hydrogen-bond acceptors (Lipinski definition) is 7.